The van der Waals surface area contributed by atoms with E-state index in [0.29, 0.717) is 6.54 Å². The van der Waals surface area contributed by atoms with Crippen molar-refractivity contribution in [3.05, 3.63) is 0 Å². The van der Waals surface area contributed by atoms with E-state index in [1.54, 1.807) is 0 Å². The Labute approximate surface area is 69.8 Å². The molecule has 0 radical (unpaired) electrons. The molecule has 0 aliphatic carbocycles. The van der Waals surface area contributed by atoms with Crippen molar-refractivity contribution >= 4 is 0 Å². The number of aliphatic hydroxyl groups excluding tert-OH is 1. The standard InChI is InChI=1S/C9H21NO/c1-3-4-5-6-9(2,7-10)8-11/h11H,3-8,10H2,1-2H3. The van der Waals surface area contributed by atoms with Gasteiger partial charge in [-0.15, -0.1) is 0 Å². The van der Waals surface area contributed by atoms with E-state index in [4.69, 9.17) is 10.8 Å². The lowest BCUT2D eigenvalue weighted by Gasteiger charge is -2.24. The SMILES string of the molecule is CCCCCC(C)(CN)CO. The highest BCUT2D eigenvalue weighted by molar-refractivity contribution is 4.73. The molecular weight excluding hydrogens is 138 g/mol. The zero-order valence-electron chi connectivity index (χ0n) is 7.77. The van der Waals surface area contributed by atoms with Crippen molar-refractivity contribution in [2.45, 2.75) is 39.5 Å². The van der Waals surface area contributed by atoms with Crippen molar-refractivity contribution in [3.63, 3.8) is 0 Å². The minimum Gasteiger partial charge on any atom is -0.396 e. The summed E-state index contributed by atoms with van der Waals surface area (Å²) in [5.41, 5.74) is 5.51. The molecule has 0 aliphatic heterocycles. The maximum atomic E-state index is 9.00. The van der Waals surface area contributed by atoms with Crippen LogP contribution in [0.3, 0.4) is 0 Å². The highest BCUT2D eigenvalue weighted by Crippen LogP contribution is 2.21. The lowest BCUT2D eigenvalue weighted by Crippen LogP contribution is -2.30. The van der Waals surface area contributed by atoms with Gasteiger partial charge in [0.1, 0.15) is 0 Å². The number of hydrogen-bond acceptors (Lipinski definition) is 2. The van der Waals surface area contributed by atoms with Gasteiger partial charge in [0.2, 0.25) is 0 Å². The first kappa shape index (κ1) is 10.9. The molecule has 1 atom stereocenters. The first-order valence-electron chi connectivity index (χ1n) is 4.49. The lowest BCUT2D eigenvalue weighted by atomic mass is 9.86. The smallest absolute Gasteiger partial charge is 0.0496 e. The molecule has 68 valence electrons. The minimum atomic E-state index is -0.0326. The predicted molar refractivity (Wildman–Crippen MR) is 48.4 cm³/mol. The molecule has 0 spiro atoms. The van der Waals surface area contributed by atoms with Crippen LogP contribution in [0.5, 0.6) is 0 Å². The molecule has 0 heterocycles. The Hall–Kier alpha value is -0.0800. The number of hydrogen-bond donors (Lipinski definition) is 2. The fourth-order valence-electron chi connectivity index (χ4n) is 1.05. The van der Waals surface area contributed by atoms with Crippen LogP contribution in [0.2, 0.25) is 0 Å². The highest BCUT2D eigenvalue weighted by Gasteiger charge is 2.19. The van der Waals surface area contributed by atoms with Crippen LogP contribution in [-0.2, 0) is 0 Å². The van der Waals surface area contributed by atoms with Gasteiger partial charge >= 0.3 is 0 Å². The molecule has 0 bridgehead atoms. The molecule has 0 aliphatic rings. The van der Waals surface area contributed by atoms with Gasteiger partial charge in [-0.2, -0.15) is 0 Å². The fraction of sp³-hybridized carbons (Fsp3) is 1.00. The second-order valence-electron chi connectivity index (χ2n) is 3.63. The number of unbranched alkanes of at least 4 members (excludes halogenated alkanes) is 2. The summed E-state index contributed by atoms with van der Waals surface area (Å²) in [7, 11) is 0. The van der Waals surface area contributed by atoms with Crippen molar-refractivity contribution < 1.29 is 5.11 Å². The molecule has 0 fully saturated rings. The Morgan fingerprint density at radius 3 is 2.36 bits per heavy atom. The third-order valence-corrected chi connectivity index (χ3v) is 2.26. The molecule has 2 heteroatoms. The van der Waals surface area contributed by atoms with Crippen molar-refractivity contribution in [2.24, 2.45) is 11.1 Å². The van der Waals surface area contributed by atoms with E-state index in [9.17, 15) is 0 Å². The third kappa shape index (κ3) is 4.38. The normalized spacial score (nSPS) is 16.4. The van der Waals surface area contributed by atoms with Crippen LogP contribution >= 0.6 is 0 Å². The summed E-state index contributed by atoms with van der Waals surface area (Å²) >= 11 is 0. The van der Waals surface area contributed by atoms with Gasteiger partial charge in [-0.1, -0.05) is 33.1 Å². The molecular formula is C9H21NO. The van der Waals surface area contributed by atoms with Crippen molar-refractivity contribution in [1.82, 2.24) is 0 Å². The van der Waals surface area contributed by atoms with E-state index < -0.39 is 0 Å². The van der Waals surface area contributed by atoms with E-state index in [1.807, 2.05) is 6.92 Å². The van der Waals surface area contributed by atoms with Gasteiger partial charge in [-0.05, 0) is 13.0 Å². The van der Waals surface area contributed by atoms with Crippen LogP contribution in [0.4, 0.5) is 0 Å². The van der Waals surface area contributed by atoms with Crippen LogP contribution in [-0.4, -0.2) is 18.3 Å². The number of rotatable bonds is 6. The lowest BCUT2D eigenvalue weighted by molar-refractivity contribution is 0.137. The van der Waals surface area contributed by atoms with Crippen molar-refractivity contribution in [1.29, 1.82) is 0 Å². The van der Waals surface area contributed by atoms with Gasteiger partial charge in [0.25, 0.3) is 0 Å². The van der Waals surface area contributed by atoms with Crippen LogP contribution in [0.15, 0.2) is 0 Å². The molecule has 0 aromatic carbocycles. The largest absolute Gasteiger partial charge is 0.396 e. The molecule has 0 saturated carbocycles. The molecule has 0 aromatic rings. The molecule has 0 saturated heterocycles. The summed E-state index contributed by atoms with van der Waals surface area (Å²) in [5.74, 6) is 0. The zero-order valence-corrected chi connectivity index (χ0v) is 7.77. The summed E-state index contributed by atoms with van der Waals surface area (Å²) in [6.07, 6.45) is 4.71. The molecule has 0 amide bonds. The Balaban J connectivity index is 3.51. The Bertz CT molecular complexity index is 89.6. The first-order valence-corrected chi connectivity index (χ1v) is 4.49. The number of nitrogens with two attached hydrogens (primary N) is 1. The monoisotopic (exact) mass is 159 g/mol. The molecule has 2 nitrogen and oxygen atoms in total. The second kappa shape index (κ2) is 5.56. The summed E-state index contributed by atoms with van der Waals surface area (Å²) in [6, 6.07) is 0. The molecule has 0 rings (SSSR count). The summed E-state index contributed by atoms with van der Waals surface area (Å²) in [5, 5.41) is 9.00. The second-order valence-corrected chi connectivity index (χ2v) is 3.63. The molecule has 3 N–H and O–H groups in total. The maximum Gasteiger partial charge on any atom is 0.0496 e. The summed E-state index contributed by atoms with van der Waals surface area (Å²) in [4.78, 5) is 0. The van der Waals surface area contributed by atoms with Crippen LogP contribution < -0.4 is 5.73 Å². The van der Waals surface area contributed by atoms with E-state index in [-0.39, 0.29) is 12.0 Å². The number of aliphatic hydroxyl groups is 1. The highest BCUT2D eigenvalue weighted by atomic mass is 16.3. The Morgan fingerprint density at radius 2 is 2.00 bits per heavy atom. The Kier molecular flexibility index (Phi) is 5.51. The minimum absolute atomic E-state index is 0.0326. The summed E-state index contributed by atoms with van der Waals surface area (Å²) < 4.78 is 0. The van der Waals surface area contributed by atoms with Crippen LogP contribution in [0.1, 0.15) is 39.5 Å². The average Bonchev–Trinajstić information content (AvgIpc) is 2.05. The van der Waals surface area contributed by atoms with Crippen molar-refractivity contribution in [2.75, 3.05) is 13.2 Å². The van der Waals surface area contributed by atoms with E-state index in [0.717, 1.165) is 6.42 Å². The van der Waals surface area contributed by atoms with Crippen LogP contribution in [0.25, 0.3) is 0 Å². The van der Waals surface area contributed by atoms with E-state index in [2.05, 4.69) is 6.92 Å². The summed E-state index contributed by atoms with van der Waals surface area (Å²) in [6.45, 7) is 5.03. The van der Waals surface area contributed by atoms with Gasteiger partial charge in [0, 0.05) is 12.0 Å². The van der Waals surface area contributed by atoms with Crippen LogP contribution in [0, 0.1) is 5.41 Å². The van der Waals surface area contributed by atoms with E-state index >= 15 is 0 Å². The third-order valence-electron chi connectivity index (χ3n) is 2.26. The van der Waals surface area contributed by atoms with E-state index in [1.165, 1.54) is 19.3 Å². The van der Waals surface area contributed by atoms with Gasteiger partial charge < -0.3 is 10.8 Å². The molecule has 0 aromatic heterocycles. The van der Waals surface area contributed by atoms with Gasteiger partial charge in [0.15, 0.2) is 0 Å². The Morgan fingerprint density at radius 1 is 1.36 bits per heavy atom. The first-order chi connectivity index (χ1) is 5.18. The van der Waals surface area contributed by atoms with Crippen molar-refractivity contribution in [3.8, 4) is 0 Å². The quantitative estimate of drug-likeness (QED) is 0.577. The topological polar surface area (TPSA) is 46.2 Å². The fourth-order valence-corrected chi connectivity index (χ4v) is 1.05. The average molecular weight is 159 g/mol. The molecule has 1 unspecified atom stereocenters. The zero-order chi connectivity index (χ0) is 8.74. The molecule has 11 heavy (non-hydrogen) atoms. The predicted octanol–water partition coefficient (Wildman–Crippen LogP) is 1.52. The van der Waals surface area contributed by atoms with Gasteiger partial charge in [-0.25, -0.2) is 0 Å². The maximum absolute atomic E-state index is 9.00. The van der Waals surface area contributed by atoms with Gasteiger partial charge in [0.05, 0.1) is 0 Å². The van der Waals surface area contributed by atoms with Gasteiger partial charge in [-0.3, -0.25) is 0 Å².